The zero-order valence-corrected chi connectivity index (χ0v) is 16.8. The van der Waals surface area contributed by atoms with Crippen LogP contribution in [0.15, 0.2) is 97.1 Å². The molecule has 4 rings (SSSR count). The normalized spacial score (nSPS) is 13.3. The van der Waals surface area contributed by atoms with Crippen LogP contribution >= 0.6 is 0 Å². The number of benzene rings is 4. The number of rotatable bonds is 6. The molecule has 0 aliphatic carbocycles. The molecule has 0 radical (unpaired) electrons. The summed E-state index contributed by atoms with van der Waals surface area (Å²) in [5, 5.41) is 2.27. The number of hydrogen-bond donors (Lipinski definition) is 0. The van der Waals surface area contributed by atoms with Gasteiger partial charge in [-0.25, -0.2) is 0 Å². The van der Waals surface area contributed by atoms with Crippen molar-refractivity contribution in [2.75, 3.05) is 7.05 Å². The lowest BCUT2D eigenvalue weighted by molar-refractivity contribution is 0.112. The molecule has 0 aliphatic heterocycles. The fraction of sp³-hybridized carbons (Fsp3) is 0.148. The summed E-state index contributed by atoms with van der Waals surface area (Å²) in [7, 11) is 2.14. The number of aldehydes is 1. The van der Waals surface area contributed by atoms with E-state index in [4.69, 9.17) is 0 Å². The minimum atomic E-state index is -0.0438. The molecule has 0 aromatic heterocycles. The summed E-state index contributed by atoms with van der Waals surface area (Å²) in [4.78, 5) is 14.4. The highest BCUT2D eigenvalue weighted by atomic mass is 16.1. The van der Waals surface area contributed by atoms with Gasteiger partial charge in [-0.05, 0) is 41.4 Å². The summed E-state index contributed by atoms with van der Waals surface area (Å²) >= 11 is 0. The van der Waals surface area contributed by atoms with E-state index < -0.39 is 0 Å². The quantitative estimate of drug-likeness (QED) is 0.360. The summed E-state index contributed by atoms with van der Waals surface area (Å²) in [6, 6.07) is 33.4. The van der Waals surface area contributed by atoms with Crippen LogP contribution in [0.1, 0.15) is 46.1 Å². The van der Waals surface area contributed by atoms with Crippen molar-refractivity contribution in [3.05, 3.63) is 119 Å². The van der Waals surface area contributed by atoms with Gasteiger partial charge in [0.1, 0.15) is 6.29 Å². The van der Waals surface area contributed by atoms with Gasteiger partial charge in [-0.3, -0.25) is 9.69 Å². The van der Waals surface area contributed by atoms with Crippen LogP contribution in [0.4, 0.5) is 0 Å². The predicted octanol–water partition coefficient (Wildman–Crippen LogP) is 6.43. The van der Waals surface area contributed by atoms with E-state index in [0.717, 1.165) is 28.2 Å². The van der Waals surface area contributed by atoms with Gasteiger partial charge in [-0.2, -0.15) is 0 Å². The molecule has 0 fully saturated rings. The van der Waals surface area contributed by atoms with Gasteiger partial charge in [0.25, 0.3) is 0 Å². The van der Waals surface area contributed by atoms with Crippen LogP contribution in [-0.2, 0) is 0 Å². The Bertz CT molecular complexity index is 1110. The van der Waals surface area contributed by atoms with Crippen LogP contribution in [0.2, 0.25) is 0 Å². The van der Waals surface area contributed by atoms with Gasteiger partial charge in [0.15, 0.2) is 0 Å². The third-order valence-electron chi connectivity index (χ3n) is 5.82. The van der Waals surface area contributed by atoms with Crippen molar-refractivity contribution in [3.8, 4) is 0 Å². The molecule has 29 heavy (non-hydrogen) atoms. The second kappa shape index (κ2) is 8.42. The molecule has 0 N–H and O–H groups in total. The van der Waals surface area contributed by atoms with Crippen LogP contribution in [0.5, 0.6) is 0 Å². The number of fused-ring (bicyclic) bond motifs is 1. The fourth-order valence-electron chi connectivity index (χ4n) is 4.15. The monoisotopic (exact) mass is 379 g/mol. The Kier molecular flexibility index (Phi) is 5.55. The van der Waals surface area contributed by atoms with E-state index in [-0.39, 0.29) is 12.1 Å². The second-order valence-corrected chi connectivity index (χ2v) is 7.47. The molecule has 2 nitrogen and oxygen atoms in total. The highest BCUT2D eigenvalue weighted by Gasteiger charge is 2.27. The van der Waals surface area contributed by atoms with Gasteiger partial charge >= 0.3 is 0 Å². The Hall–Kier alpha value is -3.23. The Balaban J connectivity index is 1.93. The molecular formula is C27H25NO. The molecule has 144 valence electrons. The maximum atomic E-state index is 12.1. The van der Waals surface area contributed by atoms with Crippen LogP contribution in [0.3, 0.4) is 0 Å². The molecular weight excluding hydrogens is 354 g/mol. The maximum absolute atomic E-state index is 12.1. The maximum Gasteiger partial charge on any atom is 0.150 e. The summed E-state index contributed by atoms with van der Waals surface area (Å²) in [6.07, 6.45) is 0.985. The van der Waals surface area contributed by atoms with E-state index in [1.54, 1.807) is 0 Å². The Morgan fingerprint density at radius 2 is 1.31 bits per heavy atom. The topological polar surface area (TPSA) is 20.3 Å². The van der Waals surface area contributed by atoms with Crippen molar-refractivity contribution in [3.63, 3.8) is 0 Å². The van der Waals surface area contributed by atoms with E-state index in [1.165, 1.54) is 11.1 Å². The number of hydrogen-bond acceptors (Lipinski definition) is 2. The first-order valence-corrected chi connectivity index (χ1v) is 9.99. The summed E-state index contributed by atoms with van der Waals surface area (Å²) in [5.41, 5.74) is 4.24. The smallest absolute Gasteiger partial charge is 0.150 e. The third-order valence-corrected chi connectivity index (χ3v) is 5.82. The minimum absolute atomic E-state index is 0.0438. The van der Waals surface area contributed by atoms with Gasteiger partial charge in [0.2, 0.25) is 0 Å². The first-order valence-electron chi connectivity index (χ1n) is 9.99. The fourth-order valence-corrected chi connectivity index (χ4v) is 4.15. The largest absolute Gasteiger partial charge is 0.298 e. The average Bonchev–Trinajstić information content (AvgIpc) is 2.80. The first kappa shape index (κ1) is 19.1. The molecule has 4 aromatic rings. The Labute approximate surface area is 172 Å². The highest BCUT2D eigenvalue weighted by molar-refractivity contribution is 5.94. The second-order valence-electron chi connectivity index (χ2n) is 7.47. The van der Waals surface area contributed by atoms with Crippen LogP contribution in [0.25, 0.3) is 10.8 Å². The highest BCUT2D eigenvalue weighted by Crippen LogP contribution is 2.38. The van der Waals surface area contributed by atoms with Gasteiger partial charge in [-0.1, -0.05) is 97.1 Å². The molecule has 2 heteroatoms. The van der Waals surface area contributed by atoms with Crippen molar-refractivity contribution in [2.24, 2.45) is 0 Å². The lowest BCUT2D eigenvalue weighted by atomic mass is 9.88. The SMILES string of the molecule is C[C@@H](c1ccccc1)N(C)[C@@H](c1ccccc1)c1c(C=O)ccc2ccccc12. The first-order chi connectivity index (χ1) is 14.2. The summed E-state index contributed by atoms with van der Waals surface area (Å²) in [5.74, 6) is 0. The summed E-state index contributed by atoms with van der Waals surface area (Å²) in [6.45, 7) is 2.22. The van der Waals surface area contributed by atoms with Crippen molar-refractivity contribution in [2.45, 2.75) is 19.0 Å². The van der Waals surface area contributed by atoms with E-state index in [2.05, 4.69) is 79.5 Å². The average molecular weight is 380 g/mol. The van der Waals surface area contributed by atoms with Gasteiger partial charge < -0.3 is 0 Å². The Morgan fingerprint density at radius 3 is 1.97 bits per heavy atom. The van der Waals surface area contributed by atoms with Gasteiger partial charge in [0, 0.05) is 11.6 Å². The summed E-state index contributed by atoms with van der Waals surface area (Å²) < 4.78 is 0. The van der Waals surface area contributed by atoms with E-state index in [1.807, 2.05) is 36.4 Å². The lowest BCUT2D eigenvalue weighted by Crippen LogP contribution is -2.29. The zero-order valence-electron chi connectivity index (χ0n) is 16.8. The van der Waals surface area contributed by atoms with E-state index in [9.17, 15) is 4.79 Å². The molecule has 0 aliphatic rings. The van der Waals surface area contributed by atoms with Crippen molar-refractivity contribution < 1.29 is 4.79 Å². The molecule has 0 unspecified atom stereocenters. The van der Waals surface area contributed by atoms with E-state index in [0.29, 0.717) is 0 Å². The molecule has 4 aromatic carbocycles. The Morgan fingerprint density at radius 1 is 0.724 bits per heavy atom. The number of carbonyl (C=O) groups excluding carboxylic acids is 1. The van der Waals surface area contributed by atoms with Gasteiger partial charge in [-0.15, -0.1) is 0 Å². The standard InChI is InChI=1S/C27H25NO/c1-20(21-11-5-3-6-12-21)28(2)27(23-14-7-4-8-15-23)26-24(19-29)18-17-22-13-9-10-16-25(22)26/h3-20,27H,1-2H3/t20-,27-/m0/s1. The molecule has 0 saturated carbocycles. The molecule has 0 spiro atoms. The molecule has 0 bridgehead atoms. The van der Waals surface area contributed by atoms with Crippen molar-refractivity contribution >= 4 is 17.1 Å². The van der Waals surface area contributed by atoms with Crippen molar-refractivity contribution in [1.82, 2.24) is 4.90 Å². The number of carbonyl (C=O) groups is 1. The molecule has 0 amide bonds. The lowest BCUT2D eigenvalue weighted by Gasteiger charge is -2.35. The molecule has 2 atom stereocenters. The van der Waals surface area contributed by atoms with E-state index >= 15 is 0 Å². The zero-order chi connectivity index (χ0) is 20.2. The van der Waals surface area contributed by atoms with Crippen molar-refractivity contribution in [1.29, 1.82) is 0 Å². The molecule has 0 saturated heterocycles. The minimum Gasteiger partial charge on any atom is -0.298 e. The predicted molar refractivity (Wildman–Crippen MR) is 120 cm³/mol. The third kappa shape index (κ3) is 3.72. The van der Waals surface area contributed by atoms with Crippen LogP contribution in [0, 0.1) is 0 Å². The molecule has 0 heterocycles. The van der Waals surface area contributed by atoms with Gasteiger partial charge in [0.05, 0.1) is 6.04 Å². The van der Waals surface area contributed by atoms with Crippen LogP contribution in [-0.4, -0.2) is 18.2 Å². The number of nitrogens with zero attached hydrogens (tertiary/aromatic N) is 1. The van der Waals surface area contributed by atoms with Crippen LogP contribution < -0.4 is 0 Å².